The predicted octanol–water partition coefficient (Wildman–Crippen LogP) is 3.88. The Morgan fingerprint density at radius 3 is 2.66 bits per heavy atom. The van der Waals surface area contributed by atoms with Gasteiger partial charge >= 0.3 is 0 Å². The van der Waals surface area contributed by atoms with Crippen molar-refractivity contribution in [3.8, 4) is 5.75 Å². The van der Waals surface area contributed by atoms with E-state index in [9.17, 15) is 13.2 Å². The minimum Gasteiger partial charge on any atom is -0.497 e. The molecule has 1 atom stereocenters. The predicted molar refractivity (Wildman–Crippen MR) is 136 cm³/mol. The lowest BCUT2D eigenvalue weighted by Crippen LogP contribution is -2.41. The molecular formula is C26H30N4O4S. The van der Waals surface area contributed by atoms with E-state index in [-0.39, 0.29) is 11.8 Å². The summed E-state index contributed by atoms with van der Waals surface area (Å²) in [7, 11) is -1.86. The molecule has 9 heteroatoms. The van der Waals surface area contributed by atoms with E-state index in [4.69, 9.17) is 9.72 Å². The van der Waals surface area contributed by atoms with Gasteiger partial charge in [-0.3, -0.25) is 4.79 Å². The average molecular weight is 495 g/mol. The minimum absolute atomic E-state index is 0.0134. The third-order valence-corrected chi connectivity index (χ3v) is 8.70. The Hall–Kier alpha value is -3.17. The first-order valence-corrected chi connectivity index (χ1v) is 13.5. The average Bonchev–Trinajstić information content (AvgIpc) is 3.44. The van der Waals surface area contributed by atoms with Crippen LogP contribution in [-0.4, -0.2) is 56.9 Å². The topological polar surface area (TPSA) is 91.8 Å². The standard InChI is InChI=1S/C26H30N4O4S/c1-34-22-8-4-7-21(17-22)27-26(31)20-6-5-13-29(18-20)25-12-9-19-16-23(10-11-24(19)28-25)35(32,33)30-14-2-3-15-30/h4,7-12,16-17,20H,2-3,5-6,13-15,18H2,1H3,(H,27,31)/t20-/m0/s1. The van der Waals surface area contributed by atoms with E-state index in [0.717, 1.165) is 54.6 Å². The number of amides is 1. The summed E-state index contributed by atoms with van der Waals surface area (Å²) in [5.41, 5.74) is 1.46. The molecule has 2 aliphatic rings. The van der Waals surface area contributed by atoms with Crippen LogP contribution in [0.3, 0.4) is 0 Å². The lowest BCUT2D eigenvalue weighted by atomic mass is 9.97. The first-order valence-electron chi connectivity index (χ1n) is 12.0. The van der Waals surface area contributed by atoms with Crippen molar-refractivity contribution in [1.82, 2.24) is 9.29 Å². The zero-order valence-electron chi connectivity index (χ0n) is 19.8. The van der Waals surface area contributed by atoms with Gasteiger partial charge in [0.25, 0.3) is 0 Å². The van der Waals surface area contributed by atoms with Crippen molar-refractivity contribution >= 4 is 38.3 Å². The van der Waals surface area contributed by atoms with E-state index in [1.54, 1.807) is 29.6 Å². The normalized spacial score (nSPS) is 19.1. The van der Waals surface area contributed by atoms with Crippen LogP contribution in [0.15, 0.2) is 59.5 Å². The van der Waals surface area contributed by atoms with Gasteiger partial charge in [0, 0.05) is 43.3 Å². The fourth-order valence-electron chi connectivity index (χ4n) is 4.85. The highest BCUT2D eigenvalue weighted by atomic mass is 32.2. The maximum Gasteiger partial charge on any atom is 0.243 e. The van der Waals surface area contributed by atoms with Gasteiger partial charge in [-0.05, 0) is 68.1 Å². The largest absolute Gasteiger partial charge is 0.497 e. The number of carbonyl (C=O) groups is 1. The molecule has 2 saturated heterocycles. The molecule has 0 saturated carbocycles. The summed E-state index contributed by atoms with van der Waals surface area (Å²) in [6, 6.07) is 16.3. The highest BCUT2D eigenvalue weighted by molar-refractivity contribution is 7.89. The van der Waals surface area contributed by atoms with Gasteiger partial charge in [0.2, 0.25) is 15.9 Å². The lowest BCUT2D eigenvalue weighted by molar-refractivity contribution is -0.120. The lowest BCUT2D eigenvalue weighted by Gasteiger charge is -2.33. The Bertz CT molecular complexity index is 1340. The number of fused-ring (bicyclic) bond motifs is 1. The van der Waals surface area contributed by atoms with Crippen LogP contribution in [0, 0.1) is 5.92 Å². The number of piperidine rings is 1. The molecule has 1 aromatic heterocycles. The Morgan fingerprint density at radius 1 is 1.03 bits per heavy atom. The molecule has 1 N–H and O–H groups in total. The molecule has 3 aromatic rings. The highest BCUT2D eigenvalue weighted by Crippen LogP contribution is 2.28. The maximum atomic E-state index is 12.9. The Morgan fingerprint density at radius 2 is 1.86 bits per heavy atom. The monoisotopic (exact) mass is 494 g/mol. The zero-order chi connectivity index (χ0) is 24.4. The summed E-state index contributed by atoms with van der Waals surface area (Å²) in [5.74, 6) is 1.33. The summed E-state index contributed by atoms with van der Waals surface area (Å²) in [5, 5.41) is 3.79. The molecule has 8 nitrogen and oxygen atoms in total. The van der Waals surface area contributed by atoms with E-state index in [1.165, 1.54) is 0 Å². The van der Waals surface area contributed by atoms with Crippen molar-refractivity contribution < 1.29 is 17.9 Å². The summed E-state index contributed by atoms with van der Waals surface area (Å²) >= 11 is 0. The Balaban J connectivity index is 1.30. The van der Waals surface area contributed by atoms with Crippen molar-refractivity contribution in [1.29, 1.82) is 0 Å². The number of rotatable bonds is 6. The molecule has 2 aromatic carbocycles. The van der Waals surface area contributed by atoms with Crippen LogP contribution in [0.2, 0.25) is 0 Å². The third kappa shape index (κ3) is 4.97. The summed E-state index contributed by atoms with van der Waals surface area (Å²) in [4.78, 5) is 20.2. The van der Waals surface area contributed by atoms with Gasteiger partial charge in [0.1, 0.15) is 11.6 Å². The van der Waals surface area contributed by atoms with Gasteiger partial charge in [-0.1, -0.05) is 6.07 Å². The fourth-order valence-corrected chi connectivity index (χ4v) is 6.40. The summed E-state index contributed by atoms with van der Waals surface area (Å²) < 4.78 is 32.6. The van der Waals surface area contributed by atoms with Crippen molar-refractivity contribution in [2.45, 2.75) is 30.6 Å². The second kappa shape index (κ2) is 9.83. The minimum atomic E-state index is -3.47. The smallest absolute Gasteiger partial charge is 0.243 e. The van der Waals surface area contributed by atoms with Gasteiger partial charge in [-0.2, -0.15) is 4.31 Å². The second-order valence-corrected chi connectivity index (χ2v) is 11.1. The number of aromatic nitrogens is 1. The number of sulfonamides is 1. The highest BCUT2D eigenvalue weighted by Gasteiger charge is 2.28. The number of pyridine rings is 1. The first kappa shape index (κ1) is 23.6. The SMILES string of the molecule is COc1cccc(NC(=O)[C@H]2CCCN(c3ccc4cc(S(=O)(=O)N5CCCC5)ccc4n3)C2)c1. The van der Waals surface area contributed by atoms with E-state index in [1.807, 2.05) is 36.4 Å². The molecule has 3 heterocycles. The van der Waals surface area contributed by atoms with Crippen LogP contribution in [0.4, 0.5) is 11.5 Å². The Kier molecular flexibility index (Phi) is 6.62. The first-order chi connectivity index (χ1) is 16.9. The summed E-state index contributed by atoms with van der Waals surface area (Å²) in [6.45, 7) is 2.57. The number of hydrogen-bond donors (Lipinski definition) is 1. The fraction of sp³-hybridized carbons (Fsp3) is 0.385. The number of carbonyl (C=O) groups excluding carboxylic acids is 1. The molecule has 0 aliphatic carbocycles. The number of methoxy groups -OCH3 is 1. The Labute approximate surface area is 205 Å². The molecule has 35 heavy (non-hydrogen) atoms. The molecule has 1 amide bonds. The number of ether oxygens (including phenoxy) is 1. The third-order valence-electron chi connectivity index (χ3n) is 6.80. The number of benzene rings is 2. The van der Waals surface area contributed by atoms with E-state index in [2.05, 4.69) is 10.2 Å². The van der Waals surface area contributed by atoms with Crippen LogP contribution in [-0.2, 0) is 14.8 Å². The number of anilines is 2. The maximum absolute atomic E-state index is 12.9. The molecule has 5 rings (SSSR count). The molecule has 2 aliphatic heterocycles. The number of hydrogen-bond acceptors (Lipinski definition) is 6. The van der Waals surface area contributed by atoms with Crippen LogP contribution < -0.4 is 15.0 Å². The van der Waals surface area contributed by atoms with Gasteiger partial charge in [0.05, 0.1) is 23.4 Å². The van der Waals surface area contributed by atoms with Gasteiger partial charge in [-0.25, -0.2) is 13.4 Å². The molecule has 0 unspecified atom stereocenters. The molecular weight excluding hydrogens is 464 g/mol. The van der Waals surface area contributed by atoms with Gasteiger partial charge < -0.3 is 15.0 Å². The molecule has 0 spiro atoms. The zero-order valence-corrected chi connectivity index (χ0v) is 20.6. The molecule has 0 bridgehead atoms. The van der Waals surface area contributed by atoms with Crippen LogP contribution in [0.5, 0.6) is 5.75 Å². The number of nitrogens with one attached hydrogen (secondary N) is 1. The molecule has 0 radical (unpaired) electrons. The quantitative estimate of drug-likeness (QED) is 0.559. The van der Waals surface area contributed by atoms with Crippen molar-refractivity contribution in [2.75, 3.05) is 43.5 Å². The van der Waals surface area contributed by atoms with E-state index >= 15 is 0 Å². The van der Waals surface area contributed by atoms with E-state index < -0.39 is 10.0 Å². The van der Waals surface area contributed by atoms with Crippen LogP contribution in [0.1, 0.15) is 25.7 Å². The second-order valence-electron chi connectivity index (χ2n) is 9.14. The van der Waals surface area contributed by atoms with Crippen LogP contribution >= 0.6 is 0 Å². The molecule has 184 valence electrons. The van der Waals surface area contributed by atoms with Crippen molar-refractivity contribution in [3.63, 3.8) is 0 Å². The van der Waals surface area contributed by atoms with Gasteiger partial charge in [0.15, 0.2) is 0 Å². The number of nitrogens with zero attached hydrogens (tertiary/aromatic N) is 3. The van der Waals surface area contributed by atoms with Gasteiger partial charge in [-0.15, -0.1) is 0 Å². The van der Waals surface area contributed by atoms with Crippen LogP contribution in [0.25, 0.3) is 10.9 Å². The van der Waals surface area contributed by atoms with E-state index in [0.29, 0.717) is 30.3 Å². The van der Waals surface area contributed by atoms with Crippen molar-refractivity contribution in [2.24, 2.45) is 5.92 Å². The summed E-state index contributed by atoms with van der Waals surface area (Å²) in [6.07, 6.45) is 3.53. The molecule has 2 fully saturated rings. The van der Waals surface area contributed by atoms with Crippen molar-refractivity contribution in [3.05, 3.63) is 54.6 Å².